The van der Waals surface area contributed by atoms with Crippen molar-refractivity contribution in [2.24, 2.45) is 0 Å². The second-order valence-corrected chi connectivity index (χ2v) is 6.03. The van der Waals surface area contributed by atoms with Crippen molar-refractivity contribution < 1.29 is 9.21 Å². The van der Waals surface area contributed by atoms with Gasteiger partial charge in [0.2, 0.25) is 0 Å². The molecule has 116 valence electrons. The van der Waals surface area contributed by atoms with Gasteiger partial charge in [0.15, 0.2) is 12.0 Å². The monoisotopic (exact) mass is 291 g/mol. The minimum Gasteiger partial charge on any atom is -0.456 e. The van der Waals surface area contributed by atoms with Crippen LogP contribution < -0.4 is 5.12 Å². The Morgan fingerprint density at radius 1 is 1.00 bits per heavy atom. The summed E-state index contributed by atoms with van der Waals surface area (Å²) in [5, 5.41) is 7.13. The van der Waals surface area contributed by atoms with Crippen molar-refractivity contribution in [1.29, 1.82) is 0 Å². The van der Waals surface area contributed by atoms with Crippen LogP contribution in [0.1, 0.15) is 54.8 Å². The summed E-state index contributed by atoms with van der Waals surface area (Å²) >= 11 is 0. The zero-order valence-electron chi connectivity index (χ0n) is 12.9. The van der Waals surface area contributed by atoms with Crippen LogP contribution in [0.4, 0.5) is 5.69 Å². The van der Waals surface area contributed by atoms with Crippen LogP contribution in [0.15, 0.2) is 10.5 Å². The molecule has 3 rings (SSSR count). The summed E-state index contributed by atoms with van der Waals surface area (Å²) in [6.45, 7) is 6.27. The maximum Gasteiger partial charge on any atom is 0.185 e. The highest BCUT2D eigenvalue weighted by molar-refractivity contribution is 5.74. The van der Waals surface area contributed by atoms with Crippen molar-refractivity contribution in [1.82, 2.24) is 10.0 Å². The van der Waals surface area contributed by atoms with Gasteiger partial charge in [-0.15, -0.1) is 0 Å². The minimum absolute atomic E-state index is 0.418. The number of piperidine rings is 2. The molecule has 21 heavy (non-hydrogen) atoms. The molecule has 0 saturated carbocycles. The molecule has 0 radical (unpaired) electrons. The van der Waals surface area contributed by atoms with E-state index < -0.39 is 0 Å². The Hall–Kier alpha value is -1.33. The van der Waals surface area contributed by atoms with Crippen molar-refractivity contribution in [3.8, 4) is 0 Å². The first-order valence-electron chi connectivity index (χ1n) is 8.15. The number of rotatable bonds is 4. The Kier molecular flexibility index (Phi) is 4.60. The Balaban J connectivity index is 1.89. The highest BCUT2D eigenvalue weighted by atomic mass is 16.3. The quantitative estimate of drug-likeness (QED) is 0.798. The fourth-order valence-electron chi connectivity index (χ4n) is 3.37. The van der Waals surface area contributed by atoms with Crippen molar-refractivity contribution in [2.45, 2.75) is 45.4 Å². The Bertz CT molecular complexity index is 456. The molecule has 2 aliphatic heterocycles. The molecule has 0 bridgehead atoms. The van der Waals surface area contributed by atoms with Crippen LogP contribution in [0.25, 0.3) is 0 Å². The molecule has 5 nitrogen and oxygen atoms in total. The van der Waals surface area contributed by atoms with E-state index in [1.807, 2.05) is 13.0 Å². The lowest BCUT2D eigenvalue weighted by Gasteiger charge is -2.46. The van der Waals surface area contributed by atoms with Crippen LogP contribution >= 0.6 is 0 Å². The van der Waals surface area contributed by atoms with Crippen LogP contribution in [-0.2, 0) is 0 Å². The topological polar surface area (TPSA) is 39.9 Å². The second kappa shape index (κ2) is 6.62. The highest BCUT2D eigenvalue weighted by Crippen LogP contribution is 2.29. The molecule has 0 amide bonds. The lowest BCUT2D eigenvalue weighted by molar-refractivity contribution is 0.0652. The molecule has 3 heterocycles. The van der Waals surface area contributed by atoms with Gasteiger partial charge in [-0.2, -0.15) is 0 Å². The Labute approximate surface area is 126 Å². The predicted octanol–water partition coefficient (Wildman–Crippen LogP) is 3.01. The van der Waals surface area contributed by atoms with Gasteiger partial charge in [0.25, 0.3) is 0 Å². The zero-order chi connectivity index (χ0) is 14.7. The number of nitrogens with zero attached hydrogens (tertiary/aromatic N) is 3. The van der Waals surface area contributed by atoms with Gasteiger partial charge < -0.3 is 4.42 Å². The van der Waals surface area contributed by atoms with E-state index in [2.05, 4.69) is 15.1 Å². The second-order valence-electron chi connectivity index (χ2n) is 6.03. The van der Waals surface area contributed by atoms with E-state index in [9.17, 15) is 4.79 Å². The van der Waals surface area contributed by atoms with Gasteiger partial charge in [-0.25, -0.2) is 15.1 Å². The molecule has 5 heteroatoms. The summed E-state index contributed by atoms with van der Waals surface area (Å²) in [6, 6.07) is 1.88. The standard InChI is InChI=1S/C16H25N3O2/c1-14-16(12-15(13-20)21-14)19(17-8-4-2-5-9-17)18-10-6-3-7-11-18/h12-13H,2-11H2,1H3. The fraction of sp³-hybridized carbons (Fsp3) is 0.688. The summed E-state index contributed by atoms with van der Waals surface area (Å²) < 4.78 is 5.56. The molecule has 2 fully saturated rings. The zero-order valence-corrected chi connectivity index (χ0v) is 12.9. The van der Waals surface area contributed by atoms with Crippen molar-refractivity contribution in [2.75, 3.05) is 31.3 Å². The van der Waals surface area contributed by atoms with E-state index in [-0.39, 0.29) is 0 Å². The molecule has 0 spiro atoms. The van der Waals surface area contributed by atoms with Gasteiger partial charge in [-0.1, -0.05) is 12.8 Å². The Morgan fingerprint density at radius 3 is 1.95 bits per heavy atom. The minimum atomic E-state index is 0.418. The summed E-state index contributed by atoms with van der Waals surface area (Å²) in [7, 11) is 0. The summed E-state index contributed by atoms with van der Waals surface area (Å²) in [6.07, 6.45) is 8.37. The first kappa shape index (κ1) is 14.6. The molecule has 0 N–H and O–H groups in total. The third-order valence-electron chi connectivity index (χ3n) is 4.44. The van der Waals surface area contributed by atoms with Gasteiger partial charge in [0.05, 0.1) is 0 Å². The van der Waals surface area contributed by atoms with E-state index in [0.29, 0.717) is 5.76 Å². The number of carbonyl (C=O) groups is 1. The largest absolute Gasteiger partial charge is 0.456 e. The van der Waals surface area contributed by atoms with E-state index in [1.165, 1.54) is 38.5 Å². The number of hydrazine groups is 2. The van der Waals surface area contributed by atoms with Crippen LogP contribution in [0.2, 0.25) is 0 Å². The smallest absolute Gasteiger partial charge is 0.185 e. The molecular weight excluding hydrogens is 266 g/mol. The van der Waals surface area contributed by atoms with Crippen LogP contribution in [0.5, 0.6) is 0 Å². The van der Waals surface area contributed by atoms with Gasteiger partial charge in [0.1, 0.15) is 11.4 Å². The lowest BCUT2D eigenvalue weighted by atomic mass is 10.1. The third-order valence-corrected chi connectivity index (χ3v) is 4.44. The molecule has 0 atom stereocenters. The number of hydrogen-bond donors (Lipinski definition) is 0. The van der Waals surface area contributed by atoms with E-state index in [0.717, 1.165) is 43.9 Å². The molecule has 0 aromatic carbocycles. The fourth-order valence-corrected chi connectivity index (χ4v) is 3.37. The number of carbonyl (C=O) groups excluding carboxylic acids is 1. The molecule has 0 aliphatic carbocycles. The number of hydrogen-bond acceptors (Lipinski definition) is 5. The van der Waals surface area contributed by atoms with Crippen LogP contribution in [0.3, 0.4) is 0 Å². The van der Waals surface area contributed by atoms with E-state index in [1.54, 1.807) is 0 Å². The molecule has 0 unspecified atom stereocenters. The molecule has 2 saturated heterocycles. The average molecular weight is 291 g/mol. The van der Waals surface area contributed by atoms with Crippen LogP contribution in [-0.4, -0.2) is 42.5 Å². The normalized spacial score (nSPS) is 21.4. The van der Waals surface area contributed by atoms with Gasteiger partial charge in [0, 0.05) is 32.2 Å². The van der Waals surface area contributed by atoms with Gasteiger partial charge in [-0.3, -0.25) is 4.79 Å². The molecule has 2 aliphatic rings. The first-order chi connectivity index (χ1) is 10.3. The van der Waals surface area contributed by atoms with Crippen molar-refractivity contribution in [3.63, 3.8) is 0 Å². The maximum absolute atomic E-state index is 11.0. The molecule has 1 aromatic rings. The average Bonchev–Trinajstić information content (AvgIpc) is 2.91. The van der Waals surface area contributed by atoms with Gasteiger partial charge >= 0.3 is 0 Å². The lowest BCUT2D eigenvalue weighted by Crippen LogP contribution is -2.56. The van der Waals surface area contributed by atoms with E-state index in [4.69, 9.17) is 4.42 Å². The SMILES string of the molecule is Cc1oc(C=O)cc1N(N1CCCCC1)N1CCCCC1. The van der Waals surface area contributed by atoms with Crippen molar-refractivity contribution >= 4 is 12.0 Å². The summed E-state index contributed by atoms with van der Waals surface area (Å²) in [5.41, 5.74) is 1.03. The Morgan fingerprint density at radius 2 is 1.52 bits per heavy atom. The summed E-state index contributed by atoms with van der Waals surface area (Å²) in [4.78, 5) is 11.0. The number of furan rings is 1. The predicted molar refractivity (Wildman–Crippen MR) is 82.2 cm³/mol. The molecule has 1 aromatic heterocycles. The van der Waals surface area contributed by atoms with Crippen LogP contribution in [0, 0.1) is 6.92 Å². The van der Waals surface area contributed by atoms with Gasteiger partial charge in [-0.05, 0) is 32.6 Å². The van der Waals surface area contributed by atoms with E-state index >= 15 is 0 Å². The molecular formula is C16H25N3O2. The highest BCUT2D eigenvalue weighted by Gasteiger charge is 2.28. The first-order valence-corrected chi connectivity index (χ1v) is 8.15. The van der Waals surface area contributed by atoms with Crippen molar-refractivity contribution in [3.05, 3.63) is 17.6 Å². The third kappa shape index (κ3) is 3.14. The number of aryl methyl sites for hydroxylation is 1. The summed E-state index contributed by atoms with van der Waals surface area (Å²) in [5.74, 6) is 1.25. The number of aldehydes is 1. The number of anilines is 1. The maximum atomic E-state index is 11.0.